The van der Waals surface area contributed by atoms with Crippen molar-refractivity contribution in [3.63, 3.8) is 0 Å². The maximum absolute atomic E-state index is 13.2. The van der Waals surface area contributed by atoms with E-state index in [1.807, 2.05) is 24.3 Å². The third kappa shape index (κ3) is 3.37. The number of H-pyrrole nitrogens is 1. The predicted molar refractivity (Wildman–Crippen MR) is 101 cm³/mol. The summed E-state index contributed by atoms with van der Waals surface area (Å²) in [4.78, 5) is 22.6. The number of carbonyl (C=O) groups is 1. The van der Waals surface area contributed by atoms with Gasteiger partial charge in [0.2, 0.25) is 11.9 Å². The van der Waals surface area contributed by atoms with Crippen LogP contribution in [0.5, 0.6) is 0 Å². The molecule has 0 spiro atoms. The lowest BCUT2D eigenvalue weighted by Gasteiger charge is -2.31. The Bertz CT molecular complexity index is 917. The van der Waals surface area contributed by atoms with Crippen LogP contribution in [0.25, 0.3) is 11.0 Å². The molecule has 2 aromatic carbocycles. The predicted octanol–water partition coefficient (Wildman–Crippen LogP) is 4.21. The number of hydrogen-bond donors (Lipinski definition) is 2. The van der Waals surface area contributed by atoms with E-state index in [1.54, 1.807) is 0 Å². The summed E-state index contributed by atoms with van der Waals surface area (Å²) in [5.74, 6) is 0.204. The van der Waals surface area contributed by atoms with Crippen LogP contribution in [0.4, 0.5) is 16.0 Å². The zero-order valence-electron chi connectivity index (χ0n) is 14.0. The summed E-state index contributed by atoms with van der Waals surface area (Å²) >= 11 is 5.76. The number of anilines is 2. The number of nitrogens with zero attached hydrogens (tertiary/aromatic N) is 2. The van der Waals surface area contributed by atoms with Gasteiger partial charge < -0.3 is 15.2 Å². The number of benzene rings is 2. The molecule has 0 saturated carbocycles. The molecule has 0 atom stereocenters. The summed E-state index contributed by atoms with van der Waals surface area (Å²) in [5, 5.41) is 2.83. The summed E-state index contributed by atoms with van der Waals surface area (Å²) in [5.41, 5.74) is 2.47. The fraction of sp³-hybridized carbons (Fsp3) is 0.263. The number of hydrogen-bond acceptors (Lipinski definition) is 3. The Hall–Kier alpha value is -2.60. The van der Waals surface area contributed by atoms with Crippen LogP contribution in [0.2, 0.25) is 5.02 Å². The van der Waals surface area contributed by atoms with Gasteiger partial charge in [-0.25, -0.2) is 9.37 Å². The maximum atomic E-state index is 13.2. The van der Waals surface area contributed by atoms with E-state index >= 15 is 0 Å². The Morgan fingerprint density at radius 1 is 1.23 bits per heavy atom. The van der Waals surface area contributed by atoms with Crippen molar-refractivity contribution in [1.29, 1.82) is 0 Å². The van der Waals surface area contributed by atoms with Crippen LogP contribution >= 0.6 is 11.6 Å². The fourth-order valence-electron chi connectivity index (χ4n) is 3.26. The van der Waals surface area contributed by atoms with E-state index < -0.39 is 5.82 Å². The quantitative estimate of drug-likeness (QED) is 0.724. The zero-order chi connectivity index (χ0) is 18.1. The molecule has 1 aliphatic rings. The van der Waals surface area contributed by atoms with E-state index in [0.717, 1.165) is 42.9 Å². The first-order valence-corrected chi connectivity index (χ1v) is 8.93. The smallest absolute Gasteiger partial charge is 0.227 e. The molecule has 7 heteroatoms. The van der Waals surface area contributed by atoms with Gasteiger partial charge in [0.1, 0.15) is 5.82 Å². The normalized spacial score (nSPS) is 15.4. The second-order valence-corrected chi connectivity index (χ2v) is 6.86. The van der Waals surface area contributed by atoms with Gasteiger partial charge in [0.05, 0.1) is 16.1 Å². The molecule has 1 aliphatic heterocycles. The van der Waals surface area contributed by atoms with Gasteiger partial charge in [0.25, 0.3) is 0 Å². The molecular formula is C19H18ClFN4O. The van der Waals surface area contributed by atoms with Crippen LogP contribution in [0.15, 0.2) is 42.5 Å². The minimum atomic E-state index is -0.496. The van der Waals surface area contributed by atoms with Gasteiger partial charge in [-0.05, 0) is 43.2 Å². The number of carbonyl (C=O) groups excluding carboxylic acids is 1. The van der Waals surface area contributed by atoms with Crippen LogP contribution in [0.3, 0.4) is 0 Å². The molecule has 1 fully saturated rings. The number of aromatic amines is 1. The summed E-state index contributed by atoms with van der Waals surface area (Å²) in [6.45, 7) is 1.50. The lowest BCUT2D eigenvalue weighted by molar-refractivity contribution is -0.120. The zero-order valence-corrected chi connectivity index (χ0v) is 14.8. The molecule has 1 saturated heterocycles. The second-order valence-electron chi connectivity index (χ2n) is 6.46. The molecule has 1 amide bonds. The Balaban J connectivity index is 1.38. The first kappa shape index (κ1) is 16.8. The number of para-hydroxylation sites is 2. The second kappa shape index (κ2) is 6.96. The SMILES string of the molecule is O=C(Nc1ccc(F)c(Cl)c1)C1CCN(c2nc3ccccc3[nH]2)CC1. The molecule has 0 unspecified atom stereocenters. The van der Waals surface area contributed by atoms with E-state index in [0.29, 0.717) is 5.69 Å². The number of aromatic nitrogens is 2. The van der Waals surface area contributed by atoms with Crippen molar-refractivity contribution < 1.29 is 9.18 Å². The van der Waals surface area contributed by atoms with Crippen molar-refractivity contribution >= 4 is 40.2 Å². The number of nitrogens with one attached hydrogen (secondary N) is 2. The average Bonchev–Trinajstić information content (AvgIpc) is 3.09. The number of rotatable bonds is 3. The maximum Gasteiger partial charge on any atom is 0.227 e. The number of piperidine rings is 1. The Labute approximate surface area is 155 Å². The summed E-state index contributed by atoms with van der Waals surface area (Å²) in [6.07, 6.45) is 1.47. The molecule has 26 heavy (non-hydrogen) atoms. The van der Waals surface area contributed by atoms with E-state index in [1.165, 1.54) is 18.2 Å². The van der Waals surface area contributed by atoms with Gasteiger partial charge in [-0.2, -0.15) is 0 Å². The van der Waals surface area contributed by atoms with Crippen molar-refractivity contribution in [2.24, 2.45) is 5.92 Å². The van der Waals surface area contributed by atoms with Crippen LogP contribution in [-0.2, 0) is 4.79 Å². The summed E-state index contributed by atoms with van der Waals surface area (Å²) in [7, 11) is 0. The highest BCUT2D eigenvalue weighted by molar-refractivity contribution is 6.31. The molecule has 0 radical (unpaired) electrons. The standard InChI is InChI=1S/C19H18ClFN4O/c20-14-11-13(5-6-15(14)21)22-18(26)12-7-9-25(10-8-12)19-23-16-3-1-2-4-17(16)24-19/h1-6,11-12H,7-10H2,(H,22,26)(H,23,24). The molecule has 2 N–H and O–H groups in total. The molecule has 0 aliphatic carbocycles. The Kier molecular flexibility index (Phi) is 4.51. The van der Waals surface area contributed by atoms with Gasteiger partial charge in [0, 0.05) is 24.7 Å². The largest absolute Gasteiger partial charge is 0.342 e. The lowest BCUT2D eigenvalue weighted by Crippen LogP contribution is -2.38. The molecule has 0 bridgehead atoms. The van der Waals surface area contributed by atoms with E-state index in [9.17, 15) is 9.18 Å². The number of halogens is 2. The summed E-state index contributed by atoms with van der Waals surface area (Å²) < 4.78 is 13.2. The van der Waals surface area contributed by atoms with Crippen LogP contribution < -0.4 is 10.2 Å². The highest BCUT2D eigenvalue weighted by atomic mass is 35.5. The molecule has 3 aromatic rings. The highest BCUT2D eigenvalue weighted by Crippen LogP contribution is 2.25. The molecule has 5 nitrogen and oxygen atoms in total. The Morgan fingerprint density at radius 2 is 2.00 bits per heavy atom. The number of fused-ring (bicyclic) bond motifs is 1. The third-order valence-corrected chi connectivity index (χ3v) is 5.02. The number of amides is 1. The van der Waals surface area contributed by atoms with Crippen molar-refractivity contribution in [3.05, 3.63) is 53.3 Å². The first-order valence-electron chi connectivity index (χ1n) is 8.56. The number of imidazole rings is 1. The van der Waals surface area contributed by atoms with Crippen LogP contribution in [-0.4, -0.2) is 29.0 Å². The van der Waals surface area contributed by atoms with Crippen molar-refractivity contribution in [2.75, 3.05) is 23.3 Å². The van der Waals surface area contributed by atoms with Gasteiger partial charge in [-0.3, -0.25) is 4.79 Å². The fourth-order valence-corrected chi connectivity index (χ4v) is 3.44. The Morgan fingerprint density at radius 3 is 2.73 bits per heavy atom. The van der Waals surface area contributed by atoms with Gasteiger partial charge >= 0.3 is 0 Å². The third-order valence-electron chi connectivity index (χ3n) is 4.73. The van der Waals surface area contributed by atoms with Gasteiger partial charge in [-0.1, -0.05) is 23.7 Å². The van der Waals surface area contributed by atoms with Crippen molar-refractivity contribution in [3.8, 4) is 0 Å². The minimum absolute atomic E-state index is 0.00232. The molecule has 1 aromatic heterocycles. The first-order chi connectivity index (χ1) is 12.6. The van der Waals surface area contributed by atoms with E-state index in [-0.39, 0.29) is 16.8 Å². The lowest BCUT2D eigenvalue weighted by atomic mass is 9.96. The van der Waals surface area contributed by atoms with Gasteiger partial charge in [-0.15, -0.1) is 0 Å². The molecule has 134 valence electrons. The minimum Gasteiger partial charge on any atom is -0.342 e. The van der Waals surface area contributed by atoms with E-state index in [4.69, 9.17) is 11.6 Å². The monoisotopic (exact) mass is 372 g/mol. The highest BCUT2D eigenvalue weighted by Gasteiger charge is 2.26. The molecule has 4 rings (SSSR count). The molecule has 2 heterocycles. The summed E-state index contributed by atoms with van der Waals surface area (Å²) in [6, 6.07) is 12.1. The van der Waals surface area contributed by atoms with Gasteiger partial charge in [0.15, 0.2) is 0 Å². The van der Waals surface area contributed by atoms with E-state index in [2.05, 4.69) is 20.2 Å². The molecular weight excluding hydrogens is 355 g/mol. The average molecular weight is 373 g/mol. The topological polar surface area (TPSA) is 61.0 Å². The van der Waals surface area contributed by atoms with Crippen LogP contribution in [0, 0.1) is 11.7 Å². The van der Waals surface area contributed by atoms with Crippen LogP contribution in [0.1, 0.15) is 12.8 Å². The van der Waals surface area contributed by atoms with Crippen molar-refractivity contribution in [2.45, 2.75) is 12.8 Å². The van der Waals surface area contributed by atoms with Crippen molar-refractivity contribution in [1.82, 2.24) is 9.97 Å².